The van der Waals surface area contributed by atoms with Crippen LogP contribution in [0.15, 0.2) is 12.2 Å². The third-order valence-corrected chi connectivity index (χ3v) is 2.03. The van der Waals surface area contributed by atoms with Crippen LogP contribution in [0, 0.1) is 5.92 Å². The van der Waals surface area contributed by atoms with Crippen LogP contribution in [0.2, 0.25) is 0 Å². The van der Waals surface area contributed by atoms with Crippen LogP contribution in [0.5, 0.6) is 0 Å². The molecular formula is C6H9BrO. The van der Waals surface area contributed by atoms with Gasteiger partial charge in [-0.1, -0.05) is 28.1 Å². The van der Waals surface area contributed by atoms with Gasteiger partial charge < -0.3 is 5.11 Å². The molecule has 0 aromatic heterocycles. The molecule has 0 saturated heterocycles. The van der Waals surface area contributed by atoms with Gasteiger partial charge in [-0.2, -0.15) is 0 Å². The Balaban J connectivity index is 2.34. The highest BCUT2D eigenvalue weighted by Crippen LogP contribution is 2.22. The van der Waals surface area contributed by atoms with Crippen molar-refractivity contribution in [3.8, 4) is 0 Å². The molecule has 0 spiro atoms. The van der Waals surface area contributed by atoms with E-state index in [0.717, 1.165) is 6.42 Å². The van der Waals surface area contributed by atoms with Crippen LogP contribution in [0.3, 0.4) is 0 Å². The van der Waals surface area contributed by atoms with Crippen molar-refractivity contribution in [3.05, 3.63) is 12.2 Å². The summed E-state index contributed by atoms with van der Waals surface area (Å²) in [5.74, 6) is 0.402. The molecule has 0 aromatic carbocycles. The molecule has 1 aliphatic carbocycles. The van der Waals surface area contributed by atoms with Gasteiger partial charge in [0.05, 0.1) is 0 Å². The molecule has 0 radical (unpaired) electrons. The lowest BCUT2D eigenvalue weighted by atomic mass is 10.1. The first-order valence-electron chi connectivity index (χ1n) is 2.76. The first-order chi connectivity index (χ1) is 3.83. The van der Waals surface area contributed by atoms with E-state index in [9.17, 15) is 0 Å². The number of hydrogen-bond donors (Lipinski definition) is 1. The SMILES string of the molecule is OCC1C=CC(Br)C1. The Kier molecular flexibility index (Phi) is 2.08. The summed E-state index contributed by atoms with van der Waals surface area (Å²) in [6.45, 7) is 0.290. The third-order valence-electron chi connectivity index (χ3n) is 1.35. The predicted molar refractivity (Wildman–Crippen MR) is 37.0 cm³/mol. The van der Waals surface area contributed by atoms with Crippen LogP contribution in [0.4, 0.5) is 0 Å². The zero-order chi connectivity index (χ0) is 5.98. The molecule has 8 heavy (non-hydrogen) atoms. The lowest BCUT2D eigenvalue weighted by Gasteiger charge is -2.00. The minimum Gasteiger partial charge on any atom is -0.396 e. The van der Waals surface area contributed by atoms with E-state index in [0.29, 0.717) is 17.4 Å². The molecule has 0 saturated carbocycles. The molecule has 0 aromatic rings. The van der Waals surface area contributed by atoms with Crippen molar-refractivity contribution in [2.45, 2.75) is 11.2 Å². The van der Waals surface area contributed by atoms with E-state index in [4.69, 9.17) is 5.11 Å². The van der Waals surface area contributed by atoms with Crippen molar-refractivity contribution in [2.75, 3.05) is 6.61 Å². The maximum atomic E-state index is 8.61. The fourth-order valence-electron chi connectivity index (χ4n) is 0.859. The van der Waals surface area contributed by atoms with E-state index in [1.807, 2.05) is 0 Å². The summed E-state index contributed by atoms with van der Waals surface area (Å²) in [5, 5.41) is 8.61. The molecular weight excluding hydrogens is 168 g/mol. The number of aliphatic hydroxyl groups is 1. The van der Waals surface area contributed by atoms with Crippen LogP contribution in [0.25, 0.3) is 0 Å². The number of alkyl halides is 1. The maximum absolute atomic E-state index is 8.61. The van der Waals surface area contributed by atoms with Gasteiger partial charge in [0.15, 0.2) is 0 Å². The average Bonchev–Trinajstić information content (AvgIpc) is 2.14. The highest BCUT2D eigenvalue weighted by atomic mass is 79.9. The van der Waals surface area contributed by atoms with E-state index >= 15 is 0 Å². The Bertz CT molecular complexity index is 101. The molecule has 0 aliphatic heterocycles. The van der Waals surface area contributed by atoms with Crippen LogP contribution in [-0.2, 0) is 0 Å². The number of allylic oxidation sites excluding steroid dienone is 1. The Hall–Kier alpha value is 0.180. The van der Waals surface area contributed by atoms with Gasteiger partial charge in [0.2, 0.25) is 0 Å². The zero-order valence-corrected chi connectivity index (χ0v) is 6.13. The van der Waals surface area contributed by atoms with Crippen LogP contribution < -0.4 is 0 Å². The lowest BCUT2D eigenvalue weighted by molar-refractivity contribution is 0.252. The number of halogens is 1. The second-order valence-electron chi connectivity index (χ2n) is 2.08. The molecule has 2 atom stereocenters. The summed E-state index contributed by atoms with van der Waals surface area (Å²) < 4.78 is 0. The van der Waals surface area contributed by atoms with Gasteiger partial charge in [-0.3, -0.25) is 0 Å². The number of rotatable bonds is 1. The maximum Gasteiger partial charge on any atom is 0.0494 e. The molecule has 2 heteroatoms. The molecule has 1 rings (SSSR count). The first kappa shape index (κ1) is 6.30. The highest BCUT2D eigenvalue weighted by molar-refractivity contribution is 9.09. The summed E-state index contributed by atoms with van der Waals surface area (Å²) in [6.07, 6.45) is 5.19. The molecule has 1 aliphatic rings. The van der Waals surface area contributed by atoms with Crippen molar-refractivity contribution in [2.24, 2.45) is 5.92 Å². The van der Waals surface area contributed by atoms with Gasteiger partial charge in [0.25, 0.3) is 0 Å². The van der Waals surface area contributed by atoms with Gasteiger partial charge in [-0.15, -0.1) is 0 Å². The Morgan fingerprint density at radius 2 is 2.38 bits per heavy atom. The normalized spacial score (nSPS) is 36.2. The Labute approximate surface area is 57.5 Å². The van der Waals surface area contributed by atoms with Crippen molar-refractivity contribution >= 4 is 15.9 Å². The van der Waals surface area contributed by atoms with E-state index < -0.39 is 0 Å². The lowest BCUT2D eigenvalue weighted by Crippen LogP contribution is -2.00. The number of hydrogen-bond acceptors (Lipinski definition) is 1. The van der Waals surface area contributed by atoms with E-state index in [-0.39, 0.29) is 0 Å². The Morgan fingerprint density at radius 3 is 2.62 bits per heavy atom. The van der Waals surface area contributed by atoms with Crippen molar-refractivity contribution in [1.29, 1.82) is 0 Å². The number of aliphatic hydroxyl groups excluding tert-OH is 1. The molecule has 1 N–H and O–H groups in total. The summed E-state index contributed by atoms with van der Waals surface area (Å²) in [5.41, 5.74) is 0. The fraction of sp³-hybridized carbons (Fsp3) is 0.667. The largest absolute Gasteiger partial charge is 0.396 e. The molecule has 0 heterocycles. The molecule has 1 nitrogen and oxygen atoms in total. The van der Waals surface area contributed by atoms with Crippen molar-refractivity contribution in [1.82, 2.24) is 0 Å². The predicted octanol–water partition coefficient (Wildman–Crippen LogP) is 1.32. The second kappa shape index (κ2) is 2.65. The highest BCUT2D eigenvalue weighted by Gasteiger charge is 2.14. The Morgan fingerprint density at radius 1 is 1.62 bits per heavy atom. The van der Waals surface area contributed by atoms with Crippen LogP contribution >= 0.6 is 15.9 Å². The summed E-state index contributed by atoms with van der Waals surface area (Å²) in [6, 6.07) is 0. The average molecular weight is 177 g/mol. The first-order valence-corrected chi connectivity index (χ1v) is 3.67. The van der Waals surface area contributed by atoms with Crippen LogP contribution in [0.1, 0.15) is 6.42 Å². The van der Waals surface area contributed by atoms with Gasteiger partial charge in [-0.25, -0.2) is 0 Å². The minimum absolute atomic E-state index is 0.290. The van der Waals surface area contributed by atoms with Gasteiger partial charge >= 0.3 is 0 Å². The topological polar surface area (TPSA) is 20.2 Å². The quantitative estimate of drug-likeness (QED) is 0.473. The standard InChI is InChI=1S/C6H9BrO/c7-6-2-1-5(3-6)4-8/h1-2,5-6,8H,3-4H2. The van der Waals surface area contributed by atoms with Gasteiger partial charge in [-0.05, 0) is 6.42 Å². The van der Waals surface area contributed by atoms with Gasteiger partial charge in [0.1, 0.15) is 0 Å². The van der Waals surface area contributed by atoms with E-state index in [1.165, 1.54) is 0 Å². The second-order valence-corrected chi connectivity index (χ2v) is 3.26. The molecule has 0 amide bonds. The third kappa shape index (κ3) is 1.33. The fourth-order valence-corrected chi connectivity index (χ4v) is 1.52. The molecule has 2 unspecified atom stereocenters. The summed E-state index contributed by atoms with van der Waals surface area (Å²) in [7, 11) is 0. The summed E-state index contributed by atoms with van der Waals surface area (Å²) in [4.78, 5) is 0.500. The monoisotopic (exact) mass is 176 g/mol. The smallest absolute Gasteiger partial charge is 0.0494 e. The van der Waals surface area contributed by atoms with Gasteiger partial charge in [0, 0.05) is 17.4 Å². The molecule has 0 bridgehead atoms. The van der Waals surface area contributed by atoms with Crippen molar-refractivity contribution in [3.63, 3.8) is 0 Å². The van der Waals surface area contributed by atoms with Crippen LogP contribution in [-0.4, -0.2) is 16.5 Å². The van der Waals surface area contributed by atoms with E-state index in [1.54, 1.807) is 0 Å². The van der Waals surface area contributed by atoms with Crippen molar-refractivity contribution < 1.29 is 5.11 Å². The summed E-state index contributed by atoms with van der Waals surface area (Å²) >= 11 is 3.42. The molecule has 46 valence electrons. The van der Waals surface area contributed by atoms with E-state index in [2.05, 4.69) is 28.1 Å². The zero-order valence-electron chi connectivity index (χ0n) is 4.55. The molecule has 0 fully saturated rings. The minimum atomic E-state index is 0.290.